The molecule has 1 aliphatic carbocycles. The van der Waals surface area contributed by atoms with E-state index in [0.717, 1.165) is 19.3 Å². The van der Waals surface area contributed by atoms with E-state index in [1.54, 1.807) is 0 Å². The minimum Gasteiger partial charge on any atom is -0.353 e. The molecule has 0 saturated heterocycles. The molecule has 3 N–H and O–H groups in total. The summed E-state index contributed by atoms with van der Waals surface area (Å²) in [7, 11) is 0. The van der Waals surface area contributed by atoms with E-state index in [1.807, 2.05) is 13.8 Å². The molecule has 1 fully saturated rings. The second-order valence-electron chi connectivity index (χ2n) is 6.50. The quantitative estimate of drug-likeness (QED) is 0.745. The zero-order valence-electron chi connectivity index (χ0n) is 13.0. The summed E-state index contributed by atoms with van der Waals surface area (Å²) >= 11 is 0. The highest BCUT2D eigenvalue weighted by atomic mass is 16.1. The molecule has 0 radical (unpaired) electrons. The van der Waals surface area contributed by atoms with Gasteiger partial charge in [0, 0.05) is 18.0 Å². The van der Waals surface area contributed by atoms with Crippen LogP contribution in [0.3, 0.4) is 0 Å². The molecule has 3 atom stereocenters. The third-order valence-corrected chi connectivity index (χ3v) is 4.47. The smallest absolute Gasteiger partial charge is 0.223 e. The van der Waals surface area contributed by atoms with Crippen molar-refractivity contribution in [1.82, 2.24) is 5.32 Å². The summed E-state index contributed by atoms with van der Waals surface area (Å²) in [6, 6.07) is 0.583. The molecule has 1 rings (SSSR count). The van der Waals surface area contributed by atoms with Crippen LogP contribution in [0.15, 0.2) is 0 Å². The molecule has 19 heavy (non-hydrogen) atoms. The zero-order valence-corrected chi connectivity index (χ0v) is 13.0. The van der Waals surface area contributed by atoms with Gasteiger partial charge in [0.25, 0.3) is 0 Å². The number of hydrogen-bond donors (Lipinski definition) is 2. The van der Waals surface area contributed by atoms with Crippen LogP contribution in [0.5, 0.6) is 0 Å². The van der Waals surface area contributed by atoms with Gasteiger partial charge in [-0.1, -0.05) is 32.6 Å². The predicted molar refractivity (Wildman–Crippen MR) is 80.8 cm³/mol. The normalized spacial score (nSPS) is 21.7. The van der Waals surface area contributed by atoms with Gasteiger partial charge in [-0.05, 0) is 45.4 Å². The first-order valence-corrected chi connectivity index (χ1v) is 8.06. The van der Waals surface area contributed by atoms with Gasteiger partial charge in [0.05, 0.1) is 0 Å². The average molecular weight is 268 g/mol. The molecule has 1 saturated carbocycles. The second-order valence-corrected chi connectivity index (χ2v) is 6.50. The van der Waals surface area contributed by atoms with E-state index in [1.165, 1.54) is 32.1 Å². The summed E-state index contributed by atoms with van der Waals surface area (Å²) in [6.45, 7) is 6.22. The van der Waals surface area contributed by atoms with Gasteiger partial charge in [0.2, 0.25) is 5.91 Å². The van der Waals surface area contributed by atoms with Crippen LogP contribution < -0.4 is 11.1 Å². The third kappa shape index (κ3) is 6.42. The van der Waals surface area contributed by atoms with Crippen LogP contribution in [0.2, 0.25) is 0 Å². The summed E-state index contributed by atoms with van der Waals surface area (Å²) in [5.41, 5.74) is 5.73. The SMILES string of the molecule is CC(N)CCCC(C)C(=O)N[C@H](C)C1CCCCC1. The topological polar surface area (TPSA) is 55.1 Å². The van der Waals surface area contributed by atoms with Gasteiger partial charge in [-0.15, -0.1) is 0 Å². The van der Waals surface area contributed by atoms with Gasteiger partial charge in [-0.3, -0.25) is 4.79 Å². The van der Waals surface area contributed by atoms with Gasteiger partial charge < -0.3 is 11.1 Å². The minimum absolute atomic E-state index is 0.116. The van der Waals surface area contributed by atoms with Gasteiger partial charge in [-0.25, -0.2) is 0 Å². The fraction of sp³-hybridized carbons (Fsp3) is 0.938. The van der Waals surface area contributed by atoms with Crippen LogP contribution in [0, 0.1) is 11.8 Å². The maximum absolute atomic E-state index is 12.1. The fourth-order valence-corrected chi connectivity index (χ4v) is 3.00. The van der Waals surface area contributed by atoms with Crippen LogP contribution in [0.25, 0.3) is 0 Å². The molecule has 2 unspecified atom stereocenters. The number of carbonyl (C=O) groups is 1. The molecule has 0 aromatic heterocycles. The van der Waals surface area contributed by atoms with Crippen molar-refractivity contribution >= 4 is 5.91 Å². The lowest BCUT2D eigenvalue weighted by Crippen LogP contribution is -2.41. The minimum atomic E-state index is 0.116. The first-order valence-electron chi connectivity index (χ1n) is 8.06. The lowest BCUT2D eigenvalue weighted by molar-refractivity contribution is -0.125. The van der Waals surface area contributed by atoms with Crippen LogP contribution in [-0.4, -0.2) is 18.0 Å². The molecular formula is C16H32N2O. The summed E-state index contributed by atoms with van der Waals surface area (Å²) < 4.78 is 0. The third-order valence-electron chi connectivity index (χ3n) is 4.47. The Kier molecular flexibility index (Phi) is 7.44. The van der Waals surface area contributed by atoms with Crippen molar-refractivity contribution in [3.8, 4) is 0 Å². The molecule has 0 aromatic carbocycles. The first kappa shape index (κ1) is 16.5. The highest BCUT2D eigenvalue weighted by molar-refractivity contribution is 5.78. The van der Waals surface area contributed by atoms with Crippen LogP contribution in [-0.2, 0) is 4.79 Å². The van der Waals surface area contributed by atoms with Crippen LogP contribution in [0.4, 0.5) is 0 Å². The Morgan fingerprint density at radius 1 is 1.16 bits per heavy atom. The molecule has 0 heterocycles. The van der Waals surface area contributed by atoms with E-state index < -0.39 is 0 Å². The molecule has 112 valence electrons. The van der Waals surface area contributed by atoms with Crippen LogP contribution >= 0.6 is 0 Å². The molecule has 1 aliphatic rings. The Balaban J connectivity index is 2.24. The maximum atomic E-state index is 12.1. The molecule has 0 bridgehead atoms. The zero-order chi connectivity index (χ0) is 14.3. The lowest BCUT2D eigenvalue weighted by Gasteiger charge is -2.29. The van der Waals surface area contributed by atoms with Gasteiger partial charge in [-0.2, -0.15) is 0 Å². The molecular weight excluding hydrogens is 236 g/mol. The van der Waals surface area contributed by atoms with Crippen molar-refractivity contribution in [2.24, 2.45) is 17.6 Å². The molecule has 0 spiro atoms. The van der Waals surface area contributed by atoms with E-state index in [9.17, 15) is 4.79 Å². The number of nitrogens with two attached hydrogens (primary N) is 1. The van der Waals surface area contributed by atoms with Crippen molar-refractivity contribution < 1.29 is 4.79 Å². The van der Waals surface area contributed by atoms with Crippen LogP contribution in [0.1, 0.15) is 72.1 Å². The fourth-order valence-electron chi connectivity index (χ4n) is 3.00. The van der Waals surface area contributed by atoms with E-state index >= 15 is 0 Å². The number of amides is 1. The van der Waals surface area contributed by atoms with Crippen molar-refractivity contribution in [2.75, 3.05) is 0 Å². The van der Waals surface area contributed by atoms with Crippen molar-refractivity contribution in [3.63, 3.8) is 0 Å². The first-order chi connectivity index (χ1) is 9.00. The monoisotopic (exact) mass is 268 g/mol. The average Bonchev–Trinajstić information content (AvgIpc) is 2.39. The molecule has 3 nitrogen and oxygen atoms in total. The van der Waals surface area contributed by atoms with E-state index in [2.05, 4.69) is 12.2 Å². The molecule has 1 amide bonds. The summed E-state index contributed by atoms with van der Waals surface area (Å²) in [4.78, 5) is 12.1. The standard InChI is InChI=1S/C16H32N2O/c1-12(8-7-9-13(2)17)16(19)18-14(3)15-10-5-4-6-11-15/h12-15H,4-11,17H2,1-3H3,(H,18,19)/t12?,13?,14-/m1/s1. The Morgan fingerprint density at radius 3 is 2.37 bits per heavy atom. The molecule has 3 heteroatoms. The molecule has 0 aliphatic heterocycles. The Hall–Kier alpha value is -0.570. The van der Waals surface area contributed by atoms with Gasteiger partial charge in [0.1, 0.15) is 0 Å². The number of nitrogens with one attached hydrogen (secondary N) is 1. The summed E-state index contributed by atoms with van der Waals surface area (Å²) in [6.07, 6.45) is 9.58. The van der Waals surface area contributed by atoms with Crippen molar-refractivity contribution in [1.29, 1.82) is 0 Å². The lowest BCUT2D eigenvalue weighted by atomic mass is 9.84. The summed E-state index contributed by atoms with van der Waals surface area (Å²) in [5.74, 6) is 1.03. The van der Waals surface area contributed by atoms with E-state index in [0.29, 0.717) is 12.0 Å². The number of hydrogen-bond acceptors (Lipinski definition) is 2. The second kappa shape index (κ2) is 8.57. The predicted octanol–water partition coefficient (Wildman–Crippen LogP) is 3.23. The highest BCUT2D eigenvalue weighted by Gasteiger charge is 2.23. The van der Waals surface area contributed by atoms with Crippen molar-refractivity contribution in [2.45, 2.75) is 84.2 Å². The Bertz CT molecular complexity index is 259. The molecule has 0 aromatic rings. The highest BCUT2D eigenvalue weighted by Crippen LogP contribution is 2.26. The summed E-state index contributed by atoms with van der Waals surface area (Å²) in [5, 5.41) is 3.22. The Morgan fingerprint density at radius 2 is 1.79 bits per heavy atom. The maximum Gasteiger partial charge on any atom is 0.223 e. The van der Waals surface area contributed by atoms with Crippen molar-refractivity contribution in [3.05, 3.63) is 0 Å². The van der Waals surface area contributed by atoms with E-state index in [-0.39, 0.29) is 17.9 Å². The van der Waals surface area contributed by atoms with E-state index in [4.69, 9.17) is 5.73 Å². The van der Waals surface area contributed by atoms with Gasteiger partial charge in [0.15, 0.2) is 0 Å². The Labute approximate surface area is 118 Å². The number of carbonyl (C=O) groups excluding carboxylic acids is 1. The largest absolute Gasteiger partial charge is 0.353 e. The number of rotatable bonds is 7. The van der Waals surface area contributed by atoms with Gasteiger partial charge >= 0.3 is 0 Å².